The van der Waals surface area contributed by atoms with Crippen molar-refractivity contribution in [2.24, 2.45) is 0 Å². The summed E-state index contributed by atoms with van der Waals surface area (Å²) < 4.78 is 5.10. The molecule has 0 fully saturated rings. The molecule has 2 rings (SSSR count). The fourth-order valence-electron chi connectivity index (χ4n) is 2.09. The van der Waals surface area contributed by atoms with Gasteiger partial charge < -0.3 is 4.74 Å². The molecule has 0 aromatic heterocycles. The van der Waals surface area contributed by atoms with Crippen LogP contribution in [0.4, 0.5) is 4.79 Å². The number of amides is 1. The molecule has 116 valence electrons. The van der Waals surface area contributed by atoms with Crippen LogP contribution >= 0.6 is 0 Å². The van der Waals surface area contributed by atoms with E-state index < -0.39 is 6.09 Å². The fourth-order valence-corrected chi connectivity index (χ4v) is 2.09. The highest BCUT2D eigenvalue weighted by Crippen LogP contribution is 2.22. The zero-order chi connectivity index (χ0) is 15.8. The Morgan fingerprint density at radius 2 is 1.64 bits per heavy atom. The predicted octanol–water partition coefficient (Wildman–Crippen LogP) is 4.34. The molecule has 2 aromatic carbocycles. The lowest BCUT2D eigenvalue weighted by molar-refractivity contribution is -0.169. The summed E-state index contributed by atoms with van der Waals surface area (Å²) in [4.78, 5) is 17.9. The Morgan fingerprint density at radius 1 is 1.05 bits per heavy atom. The van der Waals surface area contributed by atoms with Gasteiger partial charge >= 0.3 is 6.09 Å². The van der Waals surface area contributed by atoms with Crippen LogP contribution in [0.15, 0.2) is 60.7 Å². The zero-order valence-corrected chi connectivity index (χ0v) is 12.9. The van der Waals surface area contributed by atoms with Crippen LogP contribution in [0.5, 0.6) is 0 Å². The Labute approximate surface area is 131 Å². The number of carbonyl (C=O) groups excluding carboxylic acids is 1. The van der Waals surface area contributed by atoms with Crippen LogP contribution < -0.4 is 0 Å². The highest BCUT2D eigenvalue weighted by atomic mass is 16.7. The van der Waals surface area contributed by atoms with Gasteiger partial charge in [0.1, 0.15) is 6.61 Å². The van der Waals surface area contributed by atoms with Gasteiger partial charge in [0.15, 0.2) is 0 Å². The second-order valence-electron chi connectivity index (χ2n) is 4.87. The van der Waals surface area contributed by atoms with Crippen LogP contribution in [-0.4, -0.2) is 17.8 Å². The lowest BCUT2D eigenvalue weighted by Gasteiger charge is -2.27. The second-order valence-corrected chi connectivity index (χ2v) is 4.87. The number of nitrogens with zero attached hydrogens (tertiary/aromatic N) is 1. The van der Waals surface area contributed by atoms with E-state index in [-0.39, 0.29) is 6.04 Å². The third-order valence-electron chi connectivity index (χ3n) is 3.29. The van der Waals surface area contributed by atoms with Crippen molar-refractivity contribution in [1.29, 1.82) is 0 Å². The van der Waals surface area contributed by atoms with E-state index in [1.54, 1.807) is 6.92 Å². The van der Waals surface area contributed by atoms with Crippen molar-refractivity contribution >= 4 is 6.09 Å². The van der Waals surface area contributed by atoms with Crippen molar-refractivity contribution in [3.8, 4) is 0 Å². The van der Waals surface area contributed by atoms with E-state index in [1.165, 1.54) is 5.06 Å². The molecule has 0 saturated carbocycles. The SMILES string of the molecule is CCOC(=O)N(OCc1ccccc1)[C@H](C)c1ccccc1. The summed E-state index contributed by atoms with van der Waals surface area (Å²) in [6, 6.07) is 19.2. The van der Waals surface area contributed by atoms with Crippen LogP contribution in [0, 0.1) is 0 Å². The maximum Gasteiger partial charge on any atom is 0.434 e. The van der Waals surface area contributed by atoms with Crippen molar-refractivity contribution in [2.45, 2.75) is 26.5 Å². The third kappa shape index (κ3) is 4.33. The Morgan fingerprint density at radius 3 is 2.23 bits per heavy atom. The topological polar surface area (TPSA) is 38.8 Å². The van der Waals surface area contributed by atoms with E-state index in [0.717, 1.165) is 11.1 Å². The first-order valence-corrected chi connectivity index (χ1v) is 7.40. The van der Waals surface area contributed by atoms with Crippen LogP contribution in [0.2, 0.25) is 0 Å². The molecule has 0 aliphatic carbocycles. The largest absolute Gasteiger partial charge is 0.448 e. The zero-order valence-electron chi connectivity index (χ0n) is 12.9. The van der Waals surface area contributed by atoms with Crippen molar-refractivity contribution in [3.05, 3.63) is 71.8 Å². The van der Waals surface area contributed by atoms with E-state index in [1.807, 2.05) is 67.6 Å². The van der Waals surface area contributed by atoms with Gasteiger partial charge in [-0.25, -0.2) is 4.79 Å². The summed E-state index contributed by atoms with van der Waals surface area (Å²) in [5, 5.41) is 1.30. The predicted molar refractivity (Wildman–Crippen MR) is 84.9 cm³/mol. The highest BCUT2D eigenvalue weighted by Gasteiger charge is 2.24. The monoisotopic (exact) mass is 299 g/mol. The summed E-state index contributed by atoms with van der Waals surface area (Å²) in [5.74, 6) is 0. The molecular formula is C18H21NO3. The highest BCUT2D eigenvalue weighted by molar-refractivity contribution is 5.67. The quantitative estimate of drug-likeness (QED) is 0.745. The average Bonchev–Trinajstić information content (AvgIpc) is 2.57. The van der Waals surface area contributed by atoms with Gasteiger partial charge in [-0.3, -0.25) is 4.84 Å². The lowest BCUT2D eigenvalue weighted by Crippen LogP contribution is -2.34. The summed E-state index contributed by atoms with van der Waals surface area (Å²) in [5.41, 5.74) is 1.99. The smallest absolute Gasteiger partial charge is 0.434 e. The van der Waals surface area contributed by atoms with Crippen molar-refractivity contribution in [3.63, 3.8) is 0 Å². The maximum atomic E-state index is 12.2. The van der Waals surface area contributed by atoms with E-state index >= 15 is 0 Å². The molecule has 1 atom stereocenters. The minimum Gasteiger partial charge on any atom is -0.448 e. The van der Waals surface area contributed by atoms with Gasteiger partial charge in [0.2, 0.25) is 0 Å². The van der Waals surface area contributed by atoms with Crippen molar-refractivity contribution in [1.82, 2.24) is 5.06 Å². The van der Waals surface area contributed by atoms with Crippen LogP contribution in [-0.2, 0) is 16.2 Å². The molecule has 0 unspecified atom stereocenters. The summed E-state index contributed by atoms with van der Waals surface area (Å²) in [7, 11) is 0. The van der Waals surface area contributed by atoms with Crippen molar-refractivity contribution in [2.75, 3.05) is 6.61 Å². The number of ether oxygens (including phenoxy) is 1. The van der Waals surface area contributed by atoms with Gasteiger partial charge in [-0.15, -0.1) is 0 Å². The number of carbonyl (C=O) groups is 1. The normalized spacial score (nSPS) is 11.7. The second kappa shape index (κ2) is 8.20. The van der Waals surface area contributed by atoms with Gasteiger partial charge in [0.05, 0.1) is 12.6 Å². The summed E-state index contributed by atoms with van der Waals surface area (Å²) in [6.45, 7) is 4.32. The van der Waals surface area contributed by atoms with Gasteiger partial charge in [0, 0.05) is 0 Å². The average molecular weight is 299 g/mol. The summed E-state index contributed by atoms with van der Waals surface area (Å²) >= 11 is 0. The maximum absolute atomic E-state index is 12.2. The fraction of sp³-hybridized carbons (Fsp3) is 0.278. The Hall–Kier alpha value is -2.33. The van der Waals surface area contributed by atoms with Crippen molar-refractivity contribution < 1.29 is 14.4 Å². The van der Waals surface area contributed by atoms with Gasteiger partial charge in [-0.2, -0.15) is 5.06 Å². The van der Waals surface area contributed by atoms with E-state index in [4.69, 9.17) is 9.57 Å². The number of benzene rings is 2. The Kier molecular flexibility index (Phi) is 5.98. The number of rotatable bonds is 6. The first-order valence-electron chi connectivity index (χ1n) is 7.40. The molecule has 0 N–H and O–H groups in total. The number of hydrogen-bond donors (Lipinski definition) is 0. The van der Waals surface area contributed by atoms with E-state index in [9.17, 15) is 4.79 Å². The molecule has 22 heavy (non-hydrogen) atoms. The van der Waals surface area contributed by atoms with Gasteiger partial charge in [-0.05, 0) is 25.0 Å². The van der Waals surface area contributed by atoms with Gasteiger partial charge in [-0.1, -0.05) is 60.7 Å². The van der Waals surface area contributed by atoms with Crippen LogP contribution in [0.1, 0.15) is 31.0 Å². The lowest BCUT2D eigenvalue weighted by atomic mass is 10.1. The molecular weight excluding hydrogens is 278 g/mol. The van der Waals surface area contributed by atoms with E-state index in [0.29, 0.717) is 13.2 Å². The Bertz CT molecular complexity index is 571. The molecule has 2 aromatic rings. The molecule has 4 heteroatoms. The molecule has 4 nitrogen and oxygen atoms in total. The molecule has 1 amide bonds. The van der Waals surface area contributed by atoms with E-state index in [2.05, 4.69) is 0 Å². The number of hydrogen-bond acceptors (Lipinski definition) is 3. The molecule has 0 saturated heterocycles. The molecule has 0 aliphatic heterocycles. The minimum atomic E-state index is -0.477. The van der Waals surface area contributed by atoms with Gasteiger partial charge in [0.25, 0.3) is 0 Å². The minimum absolute atomic E-state index is 0.232. The molecule has 0 heterocycles. The first kappa shape index (κ1) is 16.0. The molecule has 0 bridgehead atoms. The summed E-state index contributed by atoms with van der Waals surface area (Å²) in [6.07, 6.45) is -0.477. The Balaban J connectivity index is 2.10. The molecule has 0 spiro atoms. The first-order chi connectivity index (χ1) is 10.7. The standard InChI is InChI=1S/C18H21NO3/c1-3-21-18(20)19(15(2)17-12-8-5-9-13-17)22-14-16-10-6-4-7-11-16/h4-13,15H,3,14H2,1-2H3/t15-/m1/s1. The van der Waals surface area contributed by atoms with Crippen LogP contribution in [0.3, 0.4) is 0 Å². The van der Waals surface area contributed by atoms with Crippen LogP contribution in [0.25, 0.3) is 0 Å². The third-order valence-corrected chi connectivity index (χ3v) is 3.29. The molecule has 0 aliphatic rings. The molecule has 0 radical (unpaired) electrons. The number of hydroxylamine groups is 2.